The Balaban J connectivity index is 0.00000261. The van der Waals surface area contributed by atoms with Crippen molar-refractivity contribution in [1.29, 1.82) is 0 Å². The van der Waals surface area contributed by atoms with Gasteiger partial charge in [-0.1, -0.05) is 25.0 Å². The number of anilines is 1. The molecule has 0 atom stereocenters. The van der Waals surface area contributed by atoms with Crippen LogP contribution in [-0.4, -0.2) is 32.1 Å². The van der Waals surface area contributed by atoms with Crippen molar-refractivity contribution < 1.29 is 44.3 Å². The van der Waals surface area contributed by atoms with Gasteiger partial charge in [0.25, 0.3) is 0 Å². The van der Waals surface area contributed by atoms with E-state index in [-0.39, 0.29) is 47.9 Å². The van der Waals surface area contributed by atoms with Gasteiger partial charge in [0.1, 0.15) is 0 Å². The number of nitrogens with zero attached hydrogens (tertiary/aromatic N) is 4. The fraction of sp³-hybridized carbons (Fsp3) is 0.500. The van der Waals surface area contributed by atoms with E-state index in [4.69, 9.17) is 0 Å². The Morgan fingerprint density at radius 3 is 2.63 bits per heavy atom. The van der Waals surface area contributed by atoms with E-state index in [0.29, 0.717) is 24.4 Å². The largest absolute Gasteiger partial charge is 1.00 e. The molecule has 1 aliphatic carbocycles. The van der Waals surface area contributed by atoms with Crippen LogP contribution in [0.5, 0.6) is 0 Å². The minimum Gasteiger partial charge on any atom is -0.550 e. The maximum absolute atomic E-state index is 12.4. The molecule has 9 heteroatoms. The maximum atomic E-state index is 12.4. The van der Waals surface area contributed by atoms with E-state index >= 15 is 0 Å². The Morgan fingerprint density at radius 2 is 2.00 bits per heavy atom. The summed E-state index contributed by atoms with van der Waals surface area (Å²) in [5, 5.41) is 26.0. The van der Waals surface area contributed by atoms with E-state index in [9.17, 15) is 14.7 Å². The normalized spacial score (nSPS) is 15.4. The molecule has 1 aliphatic rings. The van der Waals surface area contributed by atoms with E-state index in [1.54, 1.807) is 22.9 Å². The molecule has 0 aliphatic heterocycles. The minimum absolute atomic E-state index is 0. The van der Waals surface area contributed by atoms with Gasteiger partial charge in [-0.3, -0.25) is 4.79 Å². The first kappa shape index (κ1) is 21.5. The summed E-state index contributed by atoms with van der Waals surface area (Å²) in [5.74, 6) is -0.843. The van der Waals surface area contributed by atoms with Crippen LogP contribution in [0.1, 0.15) is 52.0 Å². The quantitative estimate of drug-likeness (QED) is 0.616. The Hall–Kier alpha value is -1.77. The number of benzene rings is 1. The molecule has 1 aromatic heterocycles. The fourth-order valence-corrected chi connectivity index (χ4v) is 3.48. The summed E-state index contributed by atoms with van der Waals surface area (Å²) in [6.07, 6.45) is 2.55. The first-order valence-corrected chi connectivity index (χ1v) is 8.81. The van der Waals surface area contributed by atoms with Crippen LogP contribution >= 0.6 is 0 Å². The molecule has 1 heterocycles. The van der Waals surface area contributed by atoms with Crippen LogP contribution in [0.4, 0.5) is 5.69 Å². The molecule has 0 spiro atoms. The molecule has 1 N–H and O–H groups in total. The zero-order valence-corrected chi connectivity index (χ0v) is 17.9. The van der Waals surface area contributed by atoms with Crippen LogP contribution in [0.3, 0.4) is 0 Å². The van der Waals surface area contributed by atoms with E-state index < -0.39 is 11.4 Å². The Bertz CT molecular complexity index is 815. The van der Waals surface area contributed by atoms with Gasteiger partial charge in [0.2, 0.25) is 5.91 Å². The summed E-state index contributed by atoms with van der Waals surface area (Å²) in [4.78, 5) is 23.9. The number of aliphatic carboxylic acids is 1. The number of tetrazole rings is 1. The third kappa shape index (κ3) is 4.75. The molecule has 0 bridgehead atoms. The second-order valence-electron chi connectivity index (χ2n) is 7.12. The van der Waals surface area contributed by atoms with Crippen molar-refractivity contribution in [3.05, 3.63) is 24.3 Å². The molecular weight excluding hydrogens is 357 g/mol. The summed E-state index contributed by atoms with van der Waals surface area (Å²) in [6, 6.07) is 7.30. The third-order valence-corrected chi connectivity index (χ3v) is 4.88. The minimum atomic E-state index is -1.13. The van der Waals surface area contributed by atoms with Crippen molar-refractivity contribution in [1.82, 2.24) is 20.2 Å². The molecular formula is C18H22N5NaO3. The number of carbonyl (C=O) groups is 2. The van der Waals surface area contributed by atoms with Gasteiger partial charge in [-0.25, -0.2) is 4.68 Å². The predicted octanol–water partition coefficient (Wildman–Crippen LogP) is -1.44. The average Bonchev–Trinajstić information content (AvgIpc) is 3.24. The summed E-state index contributed by atoms with van der Waals surface area (Å²) in [7, 11) is 0. The van der Waals surface area contributed by atoms with Crippen molar-refractivity contribution in [3.63, 3.8) is 0 Å². The number of rotatable bonds is 6. The first-order chi connectivity index (χ1) is 12.4. The molecule has 1 saturated carbocycles. The number of carboxylic acid groups (broad SMARTS) is 1. The first-order valence-electron chi connectivity index (χ1n) is 8.81. The van der Waals surface area contributed by atoms with Crippen LogP contribution < -0.4 is 40.0 Å². The SMILES string of the molecule is CC(C)n1nnnc1-c1cccc(NC(=O)CC2(C(=O)[O-])CCCC2)c1.[Na+]. The van der Waals surface area contributed by atoms with Crippen molar-refractivity contribution in [3.8, 4) is 11.4 Å². The third-order valence-electron chi connectivity index (χ3n) is 4.88. The van der Waals surface area contributed by atoms with Crippen molar-refractivity contribution in [2.24, 2.45) is 5.41 Å². The second-order valence-corrected chi connectivity index (χ2v) is 7.12. The molecule has 138 valence electrons. The molecule has 1 aromatic carbocycles. The average molecular weight is 379 g/mol. The molecule has 2 aromatic rings. The van der Waals surface area contributed by atoms with Gasteiger partial charge in [0.05, 0.1) is 6.04 Å². The number of hydrogen-bond acceptors (Lipinski definition) is 6. The number of hydrogen-bond donors (Lipinski definition) is 1. The van der Waals surface area contributed by atoms with E-state index in [0.717, 1.165) is 18.4 Å². The van der Waals surface area contributed by atoms with Gasteiger partial charge in [-0.15, -0.1) is 5.10 Å². The molecule has 1 fully saturated rings. The van der Waals surface area contributed by atoms with E-state index in [1.807, 2.05) is 19.9 Å². The summed E-state index contributed by atoms with van der Waals surface area (Å²) >= 11 is 0. The number of carbonyl (C=O) groups excluding carboxylic acids is 2. The van der Waals surface area contributed by atoms with Crippen molar-refractivity contribution >= 4 is 17.6 Å². The van der Waals surface area contributed by atoms with Crippen LogP contribution in [0.2, 0.25) is 0 Å². The van der Waals surface area contributed by atoms with Crippen LogP contribution in [-0.2, 0) is 9.59 Å². The summed E-state index contributed by atoms with van der Waals surface area (Å²) in [6.45, 7) is 3.96. The molecule has 8 nitrogen and oxygen atoms in total. The van der Waals surface area contributed by atoms with Crippen LogP contribution in [0.15, 0.2) is 24.3 Å². The number of amides is 1. The molecule has 3 rings (SSSR count). The summed E-state index contributed by atoms with van der Waals surface area (Å²) in [5.41, 5.74) is 0.318. The monoisotopic (exact) mass is 379 g/mol. The van der Waals surface area contributed by atoms with E-state index in [1.165, 1.54) is 0 Å². The van der Waals surface area contributed by atoms with Crippen molar-refractivity contribution in [2.45, 2.75) is 52.0 Å². The second kappa shape index (κ2) is 8.95. The molecule has 27 heavy (non-hydrogen) atoms. The topological polar surface area (TPSA) is 113 Å². The van der Waals surface area contributed by atoms with Crippen LogP contribution in [0.25, 0.3) is 11.4 Å². The molecule has 0 radical (unpaired) electrons. The molecule has 0 saturated heterocycles. The predicted molar refractivity (Wildman–Crippen MR) is 92.8 cm³/mol. The van der Waals surface area contributed by atoms with Gasteiger partial charge in [-0.05, 0) is 49.2 Å². The van der Waals surface area contributed by atoms with Crippen LogP contribution in [0, 0.1) is 5.41 Å². The van der Waals surface area contributed by atoms with Gasteiger partial charge < -0.3 is 15.2 Å². The van der Waals surface area contributed by atoms with Gasteiger partial charge in [0, 0.05) is 29.1 Å². The maximum Gasteiger partial charge on any atom is 1.00 e. The Labute approximate surface area is 180 Å². The molecule has 0 unspecified atom stereocenters. The van der Waals surface area contributed by atoms with Gasteiger partial charge in [0.15, 0.2) is 5.82 Å². The van der Waals surface area contributed by atoms with Gasteiger partial charge >= 0.3 is 29.6 Å². The van der Waals surface area contributed by atoms with Crippen molar-refractivity contribution in [2.75, 3.05) is 5.32 Å². The zero-order valence-electron chi connectivity index (χ0n) is 15.9. The number of aromatic nitrogens is 4. The van der Waals surface area contributed by atoms with E-state index in [2.05, 4.69) is 20.8 Å². The number of nitrogens with one attached hydrogen (secondary N) is 1. The standard InChI is InChI=1S/C18H23N5O3.Na/c1-12(2)23-16(20-21-22-23)13-6-5-7-14(10-13)19-15(24)11-18(17(25)26)8-3-4-9-18;/h5-7,10,12H,3-4,8-9,11H2,1-2H3,(H,19,24)(H,25,26);/q;+1/p-1. The molecule has 1 amide bonds. The zero-order chi connectivity index (χ0) is 18.7. The smallest absolute Gasteiger partial charge is 0.550 e. The number of carboxylic acids is 1. The summed E-state index contributed by atoms with van der Waals surface area (Å²) < 4.78 is 1.70. The fourth-order valence-electron chi connectivity index (χ4n) is 3.48. The van der Waals surface area contributed by atoms with Gasteiger partial charge in [-0.2, -0.15) is 0 Å². The Morgan fingerprint density at radius 1 is 1.30 bits per heavy atom. The Kier molecular flexibility index (Phi) is 7.13.